The fourth-order valence-electron chi connectivity index (χ4n) is 4.13. The first-order valence-electron chi connectivity index (χ1n) is 10.7. The zero-order chi connectivity index (χ0) is 21.9. The molecule has 0 aromatic heterocycles. The number of hydrogen-bond donors (Lipinski definition) is 0. The summed E-state index contributed by atoms with van der Waals surface area (Å²) in [6, 6.07) is -0.272. The number of likely N-dealkylation sites (N-methyl/N-ethyl adjacent to an activating group) is 2. The highest BCUT2D eigenvalue weighted by Gasteiger charge is 2.40. The van der Waals surface area contributed by atoms with Gasteiger partial charge in [-0.25, -0.2) is 9.34 Å². The van der Waals surface area contributed by atoms with Gasteiger partial charge in [-0.15, -0.1) is 0 Å². The van der Waals surface area contributed by atoms with Gasteiger partial charge in [0.15, 0.2) is 0 Å². The number of allylic oxidation sites excluding steroid dienone is 1. The molecule has 2 saturated heterocycles. The Kier molecular flexibility index (Phi) is 8.59. The third-order valence-electron chi connectivity index (χ3n) is 6.11. The van der Waals surface area contributed by atoms with Crippen molar-refractivity contribution in [3.05, 3.63) is 11.6 Å². The largest absolute Gasteiger partial charge is 0.371 e. The first kappa shape index (κ1) is 25.1. The van der Waals surface area contributed by atoms with Crippen LogP contribution in [0.5, 0.6) is 0 Å². The SMILES string of the molecule is [B]C1C[N+](C)(C)CC(COCP(=O)(N(C)C)N2CC[N+](C)(CC=C(C)C)CC2)O1. The normalized spacial score (nSPS) is 29.4. The summed E-state index contributed by atoms with van der Waals surface area (Å²) in [6.45, 7) is 11.0. The number of nitrogens with zero attached hydrogens (tertiary/aromatic N) is 4. The lowest BCUT2D eigenvalue weighted by atomic mass is 9.96. The van der Waals surface area contributed by atoms with E-state index < -0.39 is 7.44 Å². The van der Waals surface area contributed by atoms with Crippen LogP contribution >= 0.6 is 7.44 Å². The zero-order valence-electron chi connectivity index (χ0n) is 19.6. The van der Waals surface area contributed by atoms with Gasteiger partial charge >= 0.3 is 0 Å². The minimum Gasteiger partial charge on any atom is -0.371 e. The van der Waals surface area contributed by atoms with Crippen LogP contribution in [0.2, 0.25) is 0 Å². The third-order valence-corrected chi connectivity index (χ3v) is 9.16. The minimum atomic E-state index is -2.75. The van der Waals surface area contributed by atoms with Crippen molar-refractivity contribution in [2.24, 2.45) is 0 Å². The maximum atomic E-state index is 13.8. The van der Waals surface area contributed by atoms with E-state index in [-0.39, 0.29) is 18.5 Å². The molecule has 166 valence electrons. The van der Waals surface area contributed by atoms with Crippen molar-refractivity contribution in [1.82, 2.24) is 9.34 Å². The molecule has 9 heteroatoms. The van der Waals surface area contributed by atoms with E-state index in [1.165, 1.54) is 5.57 Å². The second-order valence-corrected chi connectivity index (χ2v) is 13.0. The molecule has 0 aliphatic carbocycles. The van der Waals surface area contributed by atoms with Crippen molar-refractivity contribution in [3.63, 3.8) is 0 Å². The molecule has 2 aliphatic rings. The second-order valence-electron chi connectivity index (χ2n) is 10.1. The molecule has 2 fully saturated rings. The van der Waals surface area contributed by atoms with E-state index in [1.54, 1.807) is 0 Å². The van der Waals surface area contributed by atoms with Gasteiger partial charge in [-0.2, -0.15) is 0 Å². The van der Waals surface area contributed by atoms with Gasteiger partial charge in [-0.3, -0.25) is 4.57 Å². The molecule has 2 aliphatic heterocycles. The van der Waals surface area contributed by atoms with Gasteiger partial charge < -0.3 is 18.4 Å². The Hall–Kier alpha value is -0.205. The maximum absolute atomic E-state index is 13.8. The van der Waals surface area contributed by atoms with Crippen molar-refractivity contribution < 1.29 is 23.0 Å². The van der Waals surface area contributed by atoms with Gasteiger partial charge in [0, 0.05) is 0 Å². The van der Waals surface area contributed by atoms with Crippen molar-refractivity contribution in [2.45, 2.75) is 26.0 Å². The summed E-state index contributed by atoms with van der Waals surface area (Å²) in [5, 5.41) is 0. The third kappa shape index (κ3) is 7.17. The molecular formula is C20H42BN4O3P+2. The summed E-state index contributed by atoms with van der Waals surface area (Å²) in [5.74, 6) is 0. The van der Waals surface area contributed by atoms with Crippen LogP contribution in [0.15, 0.2) is 11.6 Å². The Morgan fingerprint density at radius 2 is 1.86 bits per heavy atom. The molecule has 0 aromatic rings. The number of quaternary nitrogens is 2. The van der Waals surface area contributed by atoms with Gasteiger partial charge in [-0.05, 0) is 34.0 Å². The highest BCUT2D eigenvalue weighted by atomic mass is 31.2. The monoisotopic (exact) mass is 428 g/mol. The summed E-state index contributed by atoms with van der Waals surface area (Å²) in [7, 11) is 13.6. The molecule has 3 atom stereocenters. The van der Waals surface area contributed by atoms with E-state index in [9.17, 15) is 4.57 Å². The van der Waals surface area contributed by atoms with Crippen LogP contribution in [0.3, 0.4) is 0 Å². The second kappa shape index (κ2) is 9.95. The summed E-state index contributed by atoms with van der Waals surface area (Å²) in [5.41, 5.74) is 1.35. The maximum Gasteiger partial charge on any atom is 0.241 e. The Balaban J connectivity index is 1.91. The van der Waals surface area contributed by atoms with Crippen LogP contribution in [0.4, 0.5) is 0 Å². The summed E-state index contributed by atoms with van der Waals surface area (Å²) in [4.78, 5) is 0. The lowest BCUT2D eigenvalue weighted by Crippen LogP contribution is -2.58. The first-order chi connectivity index (χ1) is 13.4. The van der Waals surface area contributed by atoms with E-state index >= 15 is 0 Å². The quantitative estimate of drug-likeness (QED) is 0.253. The van der Waals surface area contributed by atoms with E-state index in [0.717, 1.165) is 54.8 Å². The number of morpholine rings is 1. The molecule has 3 unspecified atom stereocenters. The zero-order valence-corrected chi connectivity index (χ0v) is 20.5. The highest BCUT2D eigenvalue weighted by molar-refractivity contribution is 7.58. The summed E-state index contributed by atoms with van der Waals surface area (Å²) >= 11 is 0. The van der Waals surface area contributed by atoms with E-state index in [4.69, 9.17) is 17.3 Å². The number of ether oxygens (including phenoxy) is 2. The average Bonchev–Trinajstić information content (AvgIpc) is 2.58. The van der Waals surface area contributed by atoms with E-state index in [0.29, 0.717) is 6.61 Å². The van der Waals surface area contributed by atoms with Gasteiger partial charge in [0.25, 0.3) is 0 Å². The fraction of sp³-hybridized carbons (Fsp3) is 0.900. The molecule has 0 saturated carbocycles. The number of piperazine rings is 1. The molecule has 0 bridgehead atoms. The fourth-order valence-corrected chi connectivity index (χ4v) is 6.17. The molecule has 7 nitrogen and oxygen atoms in total. The van der Waals surface area contributed by atoms with Gasteiger partial charge in [0.1, 0.15) is 26.8 Å². The van der Waals surface area contributed by atoms with Gasteiger partial charge in [-0.1, -0.05) is 5.57 Å². The van der Waals surface area contributed by atoms with Crippen LogP contribution in [-0.4, -0.2) is 132 Å². The lowest BCUT2D eigenvalue weighted by molar-refractivity contribution is -0.907. The standard InChI is InChI=1S/C20H42BN4O3P/c1-18(2)8-11-25(7)12-9-23(10-13-25)29(26,22(3)4)17-27-16-19-14-24(5,6)15-20(21)28-19/h8,19-20H,9-17H2,1-7H3/q+2. The molecule has 2 rings (SSSR count). The van der Waals surface area contributed by atoms with Crippen LogP contribution in [0, 0.1) is 0 Å². The number of rotatable bonds is 8. The number of hydrogen-bond acceptors (Lipinski definition) is 3. The van der Waals surface area contributed by atoms with Crippen LogP contribution < -0.4 is 0 Å². The predicted molar refractivity (Wildman–Crippen MR) is 120 cm³/mol. The Morgan fingerprint density at radius 3 is 2.38 bits per heavy atom. The molecule has 0 N–H and O–H groups in total. The summed E-state index contributed by atoms with van der Waals surface area (Å²) in [6.07, 6.45) is 2.47. The molecule has 2 heterocycles. The topological polar surface area (TPSA) is 42.0 Å². The molecule has 0 spiro atoms. The lowest BCUT2D eigenvalue weighted by Gasteiger charge is -2.45. The van der Waals surface area contributed by atoms with Crippen LogP contribution in [0.1, 0.15) is 13.8 Å². The molecule has 2 radical (unpaired) electrons. The Bertz CT molecular complexity index is 617. The predicted octanol–water partition coefficient (Wildman–Crippen LogP) is 1.41. The molecular weight excluding hydrogens is 386 g/mol. The first-order valence-corrected chi connectivity index (χ1v) is 12.4. The molecule has 0 amide bonds. The van der Waals surface area contributed by atoms with Crippen molar-refractivity contribution >= 4 is 15.3 Å². The summed E-state index contributed by atoms with van der Waals surface area (Å²) < 4.78 is 31.4. The van der Waals surface area contributed by atoms with Crippen LogP contribution in [0.25, 0.3) is 0 Å². The van der Waals surface area contributed by atoms with E-state index in [2.05, 4.69) is 45.7 Å². The van der Waals surface area contributed by atoms with Gasteiger partial charge in [0.2, 0.25) is 7.44 Å². The van der Waals surface area contributed by atoms with Crippen molar-refractivity contribution in [3.8, 4) is 0 Å². The highest BCUT2D eigenvalue weighted by Crippen LogP contribution is 2.51. The van der Waals surface area contributed by atoms with Crippen LogP contribution in [-0.2, 0) is 14.0 Å². The minimum absolute atomic E-state index is 0.0604. The van der Waals surface area contributed by atoms with Crippen molar-refractivity contribution in [1.29, 1.82) is 0 Å². The van der Waals surface area contributed by atoms with E-state index in [1.807, 2.05) is 18.8 Å². The molecule has 0 aromatic carbocycles. The average molecular weight is 428 g/mol. The smallest absolute Gasteiger partial charge is 0.241 e. The Labute approximate surface area is 179 Å². The van der Waals surface area contributed by atoms with Crippen molar-refractivity contribution in [2.75, 3.05) is 94.0 Å². The van der Waals surface area contributed by atoms with Gasteiger partial charge in [0.05, 0.1) is 73.0 Å². The Morgan fingerprint density at radius 1 is 1.24 bits per heavy atom. The molecule has 29 heavy (non-hydrogen) atoms.